The Morgan fingerprint density at radius 3 is 2.46 bits per heavy atom. The minimum absolute atomic E-state index is 0.144. The lowest BCUT2D eigenvalue weighted by molar-refractivity contribution is 0.0935. The molecule has 3 N–H and O–H groups in total. The minimum atomic E-state index is -0.288. The molecule has 0 aliphatic carbocycles. The molecule has 6 rings (SSSR count). The van der Waals surface area contributed by atoms with Crippen molar-refractivity contribution in [3.63, 3.8) is 0 Å². The zero-order valence-electron chi connectivity index (χ0n) is 27.3. The van der Waals surface area contributed by atoms with E-state index >= 15 is 0 Å². The molecule has 1 fully saturated rings. The van der Waals surface area contributed by atoms with Crippen molar-refractivity contribution in [3.05, 3.63) is 125 Å². The summed E-state index contributed by atoms with van der Waals surface area (Å²) in [5, 5.41) is 6.85. The predicted octanol–water partition coefficient (Wildman–Crippen LogP) is 7.62. The molecule has 246 valence electrons. The number of carbonyl (C=O) groups is 3. The van der Waals surface area contributed by atoms with Crippen molar-refractivity contribution in [2.45, 2.75) is 36.8 Å². The number of aromatic amines is 1. The third-order valence-corrected chi connectivity index (χ3v) is 9.59. The molecular weight excluding hydrogens is 621 g/mol. The van der Waals surface area contributed by atoms with Gasteiger partial charge >= 0.3 is 0 Å². The lowest BCUT2D eigenvalue weighted by atomic mass is 10.0. The van der Waals surface area contributed by atoms with Gasteiger partial charge in [-0.2, -0.15) is 0 Å². The van der Waals surface area contributed by atoms with Crippen LogP contribution in [-0.2, 0) is 10.5 Å². The number of aryl methyl sites for hydroxylation is 1. The number of amides is 2. The smallest absolute Gasteiger partial charge is 0.255 e. The van der Waals surface area contributed by atoms with Crippen LogP contribution in [0.5, 0.6) is 0 Å². The Bertz CT molecular complexity index is 1950. The molecule has 1 saturated heterocycles. The molecule has 0 bridgehead atoms. The SMILES string of the molecule is COCCNC(=O)c1cccc(SCc2cccc(C(=O)Nc3ccc(N4CCCCC4)cc3C(=O)c3cc4ccc(C)cc4[nH]3)c2)c1. The van der Waals surface area contributed by atoms with E-state index < -0.39 is 0 Å². The summed E-state index contributed by atoms with van der Waals surface area (Å²) in [4.78, 5) is 46.7. The van der Waals surface area contributed by atoms with Gasteiger partial charge in [0.15, 0.2) is 0 Å². The first kappa shape index (κ1) is 33.1. The van der Waals surface area contributed by atoms with Crippen molar-refractivity contribution in [1.82, 2.24) is 10.3 Å². The number of aromatic nitrogens is 1. The van der Waals surface area contributed by atoms with Gasteiger partial charge in [-0.15, -0.1) is 11.8 Å². The lowest BCUT2D eigenvalue weighted by Gasteiger charge is -2.29. The number of H-pyrrole nitrogens is 1. The number of fused-ring (bicyclic) bond motifs is 1. The van der Waals surface area contributed by atoms with Crippen molar-refractivity contribution in [1.29, 1.82) is 0 Å². The maximum atomic E-state index is 14.0. The van der Waals surface area contributed by atoms with E-state index in [2.05, 4.69) is 20.5 Å². The summed E-state index contributed by atoms with van der Waals surface area (Å²) in [6.07, 6.45) is 3.45. The quantitative estimate of drug-likeness (QED) is 0.0723. The molecule has 2 amide bonds. The summed E-state index contributed by atoms with van der Waals surface area (Å²) in [5.41, 5.74) is 6.46. The van der Waals surface area contributed by atoms with Gasteiger partial charge in [0, 0.05) is 70.7 Å². The summed E-state index contributed by atoms with van der Waals surface area (Å²) < 4.78 is 5.01. The first-order chi connectivity index (χ1) is 23.4. The second kappa shape index (κ2) is 15.4. The number of methoxy groups -OCH3 is 1. The van der Waals surface area contributed by atoms with Crippen LogP contribution < -0.4 is 15.5 Å². The largest absolute Gasteiger partial charge is 0.383 e. The Balaban J connectivity index is 1.20. The molecule has 2 heterocycles. The van der Waals surface area contributed by atoms with Gasteiger partial charge in [-0.1, -0.05) is 30.3 Å². The molecule has 1 aliphatic heterocycles. The molecule has 9 heteroatoms. The molecule has 0 atom stereocenters. The normalized spacial score (nSPS) is 13.0. The van der Waals surface area contributed by atoms with E-state index in [0.29, 0.717) is 47.0 Å². The highest BCUT2D eigenvalue weighted by molar-refractivity contribution is 7.98. The summed E-state index contributed by atoms with van der Waals surface area (Å²) in [5.74, 6) is 0.0142. The van der Waals surface area contributed by atoms with Crippen LogP contribution in [0.25, 0.3) is 10.9 Å². The summed E-state index contributed by atoms with van der Waals surface area (Å²) >= 11 is 1.59. The average molecular weight is 661 g/mol. The number of anilines is 2. The topological polar surface area (TPSA) is 104 Å². The van der Waals surface area contributed by atoms with Gasteiger partial charge in [-0.05, 0) is 98.0 Å². The fraction of sp³-hybridized carbons (Fsp3) is 0.256. The summed E-state index contributed by atoms with van der Waals surface area (Å²) in [6.45, 7) is 4.82. The van der Waals surface area contributed by atoms with E-state index in [4.69, 9.17) is 4.74 Å². The minimum Gasteiger partial charge on any atom is -0.383 e. The Morgan fingerprint density at radius 2 is 1.65 bits per heavy atom. The number of carbonyl (C=O) groups excluding carboxylic acids is 3. The molecule has 4 aromatic carbocycles. The van der Waals surface area contributed by atoms with Gasteiger partial charge in [0.05, 0.1) is 18.0 Å². The summed E-state index contributed by atoms with van der Waals surface area (Å²) in [7, 11) is 1.60. The summed E-state index contributed by atoms with van der Waals surface area (Å²) in [6, 6.07) is 28.7. The number of piperidine rings is 1. The van der Waals surface area contributed by atoms with E-state index in [9.17, 15) is 14.4 Å². The monoisotopic (exact) mass is 660 g/mol. The Morgan fingerprint density at radius 1 is 0.854 bits per heavy atom. The average Bonchev–Trinajstić information content (AvgIpc) is 3.54. The number of benzene rings is 4. The first-order valence-corrected chi connectivity index (χ1v) is 17.3. The second-order valence-corrected chi connectivity index (χ2v) is 13.1. The molecule has 5 aromatic rings. The Labute approximate surface area is 285 Å². The third kappa shape index (κ3) is 7.98. The zero-order chi connectivity index (χ0) is 33.5. The van der Waals surface area contributed by atoms with Crippen molar-refractivity contribution < 1.29 is 19.1 Å². The Hall–Kier alpha value is -4.86. The highest BCUT2D eigenvalue weighted by atomic mass is 32.2. The van der Waals surface area contributed by atoms with Crippen LogP contribution in [0.4, 0.5) is 11.4 Å². The van der Waals surface area contributed by atoms with E-state index in [0.717, 1.165) is 58.5 Å². The van der Waals surface area contributed by atoms with Gasteiger partial charge in [0.1, 0.15) is 0 Å². The number of hydrogen-bond acceptors (Lipinski definition) is 6. The van der Waals surface area contributed by atoms with Gasteiger partial charge in [0.25, 0.3) is 11.8 Å². The lowest BCUT2D eigenvalue weighted by Crippen LogP contribution is -2.29. The highest BCUT2D eigenvalue weighted by Crippen LogP contribution is 2.30. The Kier molecular flexibility index (Phi) is 10.6. The number of nitrogens with one attached hydrogen (secondary N) is 3. The van der Waals surface area contributed by atoms with Gasteiger partial charge < -0.3 is 25.3 Å². The van der Waals surface area contributed by atoms with Crippen LogP contribution >= 0.6 is 11.8 Å². The highest BCUT2D eigenvalue weighted by Gasteiger charge is 2.21. The van der Waals surface area contributed by atoms with Crippen LogP contribution in [-0.4, -0.2) is 55.9 Å². The van der Waals surface area contributed by atoms with Crippen molar-refractivity contribution in [3.8, 4) is 0 Å². The number of ketones is 1. The number of nitrogens with zero attached hydrogens (tertiary/aromatic N) is 1. The fourth-order valence-corrected chi connectivity index (χ4v) is 6.84. The molecule has 8 nitrogen and oxygen atoms in total. The van der Waals surface area contributed by atoms with E-state index in [1.807, 2.05) is 85.8 Å². The molecular formula is C39H40N4O4S. The first-order valence-electron chi connectivity index (χ1n) is 16.3. The van der Waals surface area contributed by atoms with Crippen molar-refractivity contribution in [2.75, 3.05) is 43.6 Å². The predicted molar refractivity (Wildman–Crippen MR) is 194 cm³/mol. The third-order valence-electron chi connectivity index (χ3n) is 8.52. The molecule has 0 radical (unpaired) electrons. The van der Waals surface area contributed by atoms with Crippen molar-refractivity contribution >= 4 is 51.6 Å². The number of thioether (sulfide) groups is 1. The number of hydrogen-bond donors (Lipinski definition) is 3. The molecule has 48 heavy (non-hydrogen) atoms. The molecule has 1 aliphatic rings. The van der Waals surface area contributed by atoms with E-state index in [-0.39, 0.29) is 17.6 Å². The van der Waals surface area contributed by atoms with Crippen LogP contribution in [0.2, 0.25) is 0 Å². The van der Waals surface area contributed by atoms with Crippen LogP contribution in [0.3, 0.4) is 0 Å². The zero-order valence-corrected chi connectivity index (χ0v) is 28.1. The molecule has 0 saturated carbocycles. The number of ether oxygens (including phenoxy) is 1. The molecule has 0 unspecified atom stereocenters. The van der Waals surface area contributed by atoms with E-state index in [1.165, 1.54) is 6.42 Å². The standard InChI is InChI=1S/C39H40N4O4S/c1-26-12-13-28-23-36(41-35(28)20-26)37(44)33-24-31(43-17-4-3-5-18-43)14-15-34(33)42-39(46)29-9-6-8-27(21-29)25-48-32-11-7-10-30(22-32)38(45)40-16-19-47-2/h6-15,20-24,41H,3-5,16-19,25H2,1-2H3,(H,40,45)(H,42,46). The van der Waals surface area contributed by atoms with Crippen LogP contribution in [0, 0.1) is 6.92 Å². The number of rotatable bonds is 12. The molecule has 1 aromatic heterocycles. The van der Waals surface area contributed by atoms with Crippen LogP contribution in [0.1, 0.15) is 67.2 Å². The van der Waals surface area contributed by atoms with E-state index in [1.54, 1.807) is 31.0 Å². The second-order valence-electron chi connectivity index (χ2n) is 12.1. The maximum absolute atomic E-state index is 14.0. The van der Waals surface area contributed by atoms with Gasteiger partial charge in [0.2, 0.25) is 5.78 Å². The fourth-order valence-electron chi connectivity index (χ4n) is 5.95. The van der Waals surface area contributed by atoms with Crippen molar-refractivity contribution in [2.24, 2.45) is 0 Å². The maximum Gasteiger partial charge on any atom is 0.255 e. The van der Waals surface area contributed by atoms with Crippen LogP contribution in [0.15, 0.2) is 95.9 Å². The van der Waals surface area contributed by atoms with Gasteiger partial charge in [-0.3, -0.25) is 14.4 Å². The molecule has 0 spiro atoms. The van der Waals surface area contributed by atoms with Gasteiger partial charge in [-0.25, -0.2) is 0 Å².